The number of aliphatic hydroxyl groups excluding tert-OH is 5. The maximum atomic E-state index is 13.2. The molecule has 0 spiro atoms. The average Bonchev–Trinajstić information content (AvgIpc) is 3.17. The number of esters is 1. The van der Waals surface area contributed by atoms with Crippen molar-refractivity contribution in [2.24, 2.45) is 0 Å². The van der Waals surface area contributed by atoms with Crippen molar-refractivity contribution in [1.29, 1.82) is 0 Å². The molecule has 2 aliphatic heterocycles. The Hall–Kier alpha value is -2.59. The number of nitrogens with zero attached hydrogens (tertiary/aromatic N) is 2. The molecule has 10 atom stereocenters. The van der Waals surface area contributed by atoms with Gasteiger partial charge in [-0.1, -0.05) is 0 Å². The third kappa shape index (κ3) is 7.63. The highest BCUT2D eigenvalue weighted by molar-refractivity contribution is 7.46. The number of carbonyl (C=O) groups excluding carboxylic acids is 2. The molecule has 0 aromatic carbocycles. The summed E-state index contributed by atoms with van der Waals surface area (Å²) in [5.74, 6) is -5.73. The lowest BCUT2D eigenvalue weighted by atomic mass is 9.88. The summed E-state index contributed by atoms with van der Waals surface area (Å²) in [5, 5.41) is 64.2. The van der Waals surface area contributed by atoms with Crippen molar-refractivity contribution in [3.05, 3.63) is 22.7 Å². The van der Waals surface area contributed by atoms with Crippen molar-refractivity contribution in [2.75, 3.05) is 18.9 Å². The van der Waals surface area contributed by atoms with Crippen LogP contribution in [0, 0.1) is 0 Å². The second-order valence-electron chi connectivity index (χ2n) is 9.36. The highest BCUT2D eigenvalue weighted by atomic mass is 31.2. The van der Waals surface area contributed by atoms with Gasteiger partial charge in [-0.25, -0.2) is 14.2 Å². The first kappa shape index (κ1) is 32.9. The second kappa shape index (κ2) is 12.7. The van der Waals surface area contributed by atoms with Gasteiger partial charge in [0.05, 0.1) is 25.4 Å². The number of carbonyl (C=O) groups is 2. The zero-order chi connectivity index (χ0) is 30.9. The number of ether oxygens (including phenoxy) is 3. The van der Waals surface area contributed by atoms with E-state index in [4.69, 9.17) is 29.7 Å². The molecule has 0 saturated carbocycles. The van der Waals surface area contributed by atoms with Crippen LogP contribution in [0.3, 0.4) is 0 Å². The van der Waals surface area contributed by atoms with Crippen LogP contribution in [0.4, 0.5) is 5.82 Å². The van der Waals surface area contributed by atoms with Gasteiger partial charge in [-0.05, 0) is 6.07 Å². The van der Waals surface area contributed by atoms with Crippen LogP contribution in [0.25, 0.3) is 0 Å². The number of nitrogens with two attached hydrogens (primary N) is 1. The molecular formula is C20H31N4O16P. The van der Waals surface area contributed by atoms with Gasteiger partial charge in [0.1, 0.15) is 36.3 Å². The molecule has 0 radical (unpaired) electrons. The highest BCUT2D eigenvalue weighted by Gasteiger charge is 2.57. The van der Waals surface area contributed by atoms with Crippen LogP contribution < -0.4 is 16.7 Å². The van der Waals surface area contributed by atoms with Crippen LogP contribution >= 0.6 is 7.82 Å². The van der Waals surface area contributed by atoms with Gasteiger partial charge in [-0.2, -0.15) is 4.98 Å². The van der Waals surface area contributed by atoms with Crippen molar-refractivity contribution in [3.63, 3.8) is 0 Å². The number of aromatic nitrogens is 2. The minimum Gasteiger partial charge on any atom is -0.453 e. The minimum atomic E-state index is -5.12. The van der Waals surface area contributed by atoms with Gasteiger partial charge in [0.25, 0.3) is 5.79 Å². The van der Waals surface area contributed by atoms with E-state index in [2.05, 4.69) is 14.8 Å². The summed E-state index contributed by atoms with van der Waals surface area (Å²) >= 11 is 0. The monoisotopic (exact) mass is 616 g/mol. The lowest BCUT2D eigenvalue weighted by molar-refractivity contribution is -0.300. The SMILES string of the molecule is CC(=O)N[C@H]1[C@H]([C@H](O)[C@H](O)CO)O[C@](O)(C(=O)O[C@H]2[C@@H](O)[C@H](n3ccc(N)nc3=O)O[C@@H]2[14CH2]OP(=O)(O)O)C[C@@H]1O. The maximum absolute atomic E-state index is 13.2. The Labute approximate surface area is 230 Å². The van der Waals surface area contributed by atoms with Crippen molar-refractivity contribution in [1.82, 2.24) is 14.9 Å². The largest absolute Gasteiger partial charge is 0.469 e. The summed E-state index contributed by atoms with van der Waals surface area (Å²) < 4.78 is 32.3. The first-order valence-corrected chi connectivity index (χ1v) is 13.4. The van der Waals surface area contributed by atoms with E-state index in [0.29, 0.717) is 0 Å². The van der Waals surface area contributed by atoms with Crippen molar-refractivity contribution in [3.8, 4) is 0 Å². The number of nitrogen functional groups attached to an aromatic ring is 1. The summed E-state index contributed by atoms with van der Waals surface area (Å²) in [5.41, 5.74) is 4.43. The summed E-state index contributed by atoms with van der Waals surface area (Å²) in [7, 11) is -5.12. The number of hydrogen-bond donors (Lipinski definition) is 10. The Morgan fingerprint density at radius 2 is 2.02 bits per heavy atom. The lowest BCUT2D eigenvalue weighted by Gasteiger charge is -2.45. The van der Waals surface area contributed by atoms with E-state index in [-0.39, 0.29) is 5.82 Å². The predicted molar refractivity (Wildman–Crippen MR) is 128 cm³/mol. The topological polar surface area (TPSA) is 323 Å². The molecule has 2 fully saturated rings. The highest BCUT2D eigenvalue weighted by Crippen LogP contribution is 2.40. The molecule has 1 aromatic heterocycles. The van der Waals surface area contributed by atoms with E-state index in [1.807, 2.05) is 0 Å². The molecule has 0 aliphatic carbocycles. The number of anilines is 1. The normalized spacial score (nSPS) is 33.6. The first-order valence-electron chi connectivity index (χ1n) is 11.9. The number of nitrogens with one attached hydrogen (secondary N) is 1. The number of phosphoric ester groups is 1. The van der Waals surface area contributed by atoms with Crippen LogP contribution in [0.15, 0.2) is 17.1 Å². The summed E-state index contributed by atoms with van der Waals surface area (Å²) in [6, 6.07) is -0.328. The molecule has 20 nitrogen and oxygen atoms in total. The molecule has 21 heteroatoms. The van der Waals surface area contributed by atoms with Gasteiger partial charge in [0.2, 0.25) is 5.91 Å². The lowest BCUT2D eigenvalue weighted by Crippen LogP contribution is -2.67. The fourth-order valence-corrected chi connectivity index (χ4v) is 4.71. The molecule has 1 aromatic rings. The smallest absolute Gasteiger partial charge is 0.453 e. The van der Waals surface area contributed by atoms with E-state index in [1.54, 1.807) is 0 Å². The average molecular weight is 616 g/mol. The quantitative estimate of drug-likeness (QED) is 0.0864. The van der Waals surface area contributed by atoms with Gasteiger partial charge in [-0.15, -0.1) is 0 Å². The van der Waals surface area contributed by atoms with Gasteiger partial charge < -0.3 is 65.7 Å². The summed E-state index contributed by atoms with van der Waals surface area (Å²) in [6.07, 6.45) is -14.8. The molecule has 2 aliphatic rings. The van der Waals surface area contributed by atoms with Crippen LogP contribution in [0.5, 0.6) is 0 Å². The Morgan fingerprint density at radius 3 is 2.59 bits per heavy atom. The predicted octanol–water partition coefficient (Wildman–Crippen LogP) is -5.84. The summed E-state index contributed by atoms with van der Waals surface area (Å²) in [6.45, 7) is -0.961. The van der Waals surface area contributed by atoms with Crippen LogP contribution in [0.1, 0.15) is 19.6 Å². The Morgan fingerprint density at radius 1 is 1.37 bits per heavy atom. The van der Waals surface area contributed by atoms with Crippen LogP contribution in [-0.4, -0.2) is 130 Å². The van der Waals surface area contributed by atoms with Crippen molar-refractivity contribution < 1.29 is 73.3 Å². The van der Waals surface area contributed by atoms with Gasteiger partial charge in [0, 0.05) is 19.5 Å². The molecule has 11 N–H and O–H groups in total. The molecule has 232 valence electrons. The molecule has 2 saturated heterocycles. The van der Waals surface area contributed by atoms with E-state index in [9.17, 15) is 49.6 Å². The number of aliphatic hydroxyl groups is 6. The Balaban J connectivity index is 1.90. The zero-order valence-electron chi connectivity index (χ0n) is 21.2. The molecule has 1 amide bonds. The first-order chi connectivity index (χ1) is 19.0. The van der Waals surface area contributed by atoms with Crippen molar-refractivity contribution >= 4 is 25.5 Å². The Bertz CT molecular complexity index is 1210. The number of phosphoric acid groups is 1. The maximum Gasteiger partial charge on any atom is 0.469 e. The molecule has 3 rings (SSSR count). The molecule has 0 unspecified atom stereocenters. The third-order valence-corrected chi connectivity index (χ3v) is 6.76. The van der Waals surface area contributed by atoms with E-state index in [1.165, 1.54) is 0 Å². The van der Waals surface area contributed by atoms with Crippen molar-refractivity contribution in [2.45, 2.75) is 74.1 Å². The molecule has 41 heavy (non-hydrogen) atoms. The molecule has 0 bridgehead atoms. The van der Waals surface area contributed by atoms with Gasteiger partial charge in [-0.3, -0.25) is 13.9 Å². The fraction of sp³-hybridized carbons (Fsp3) is 0.700. The minimum absolute atomic E-state index is 0.182. The van der Waals surface area contributed by atoms with Gasteiger partial charge in [0.15, 0.2) is 12.3 Å². The third-order valence-electron chi connectivity index (χ3n) is 6.28. The van der Waals surface area contributed by atoms with Crippen LogP contribution in [0.2, 0.25) is 0 Å². The fourth-order valence-electron chi connectivity index (χ4n) is 4.36. The second-order valence-corrected chi connectivity index (χ2v) is 10.6. The van der Waals surface area contributed by atoms with E-state index in [0.717, 1.165) is 23.8 Å². The molecular weight excluding hydrogens is 585 g/mol. The number of rotatable bonds is 10. The number of hydrogen-bond acceptors (Lipinski definition) is 16. The zero-order valence-corrected chi connectivity index (χ0v) is 22.1. The van der Waals surface area contributed by atoms with Gasteiger partial charge >= 0.3 is 19.5 Å². The Kier molecular flexibility index (Phi) is 10.2. The summed E-state index contributed by atoms with van der Waals surface area (Å²) in [4.78, 5) is 58.7. The van der Waals surface area contributed by atoms with E-state index >= 15 is 0 Å². The van der Waals surface area contributed by atoms with E-state index < -0.39 is 106 Å². The standard InChI is InChI=1S/C20H31N4O16P/c1-7(26)22-12-8(27)4-20(33,40-16(12)13(29)9(28)5-25)18(31)39-15-10(6-37-41(34,35)36)38-17(14(15)30)24-3-2-11(21)23-19(24)32/h2-3,8-10,12-17,25,27-30,33H,4-6H2,1H3,(H,22,26)(H2,21,23,32)(H2,34,35,36)/t8-,9+,10+,12+,13+,14+,15+,16+,17+,20-/m0/s1/i6+2. The number of amides is 1. The molecule has 3 heterocycles. The van der Waals surface area contributed by atoms with Crippen LogP contribution in [-0.2, 0) is 32.9 Å².